The molecule has 0 fully saturated rings. The zero-order valence-corrected chi connectivity index (χ0v) is 18.0. The minimum absolute atomic E-state index is 0.577. The average molecular weight is 434 g/mol. The van der Waals surface area contributed by atoms with Crippen LogP contribution in [0.5, 0.6) is 0 Å². The number of halogens is 3. The lowest BCUT2D eigenvalue weighted by molar-refractivity contribution is -0.137. The van der Waals surface area contributed by atoms with Crippen molar-refractivity contribution in [1.82, 2.24) is 4.90 Å². The SMILES string of the molecule is FC(F)(F)c1cccc(C2=CCN(CCc3ccc4c(c3)-c3ccccc3CC4)CC2)c1. The number of benzene rings is 3. The molecular formula is C28H26F3N. The summed E-state index contributed by atoms with van der Waals surface area (Å²) < 4.78 is 39.1. The number of alkyl halides is 3. The molecule has 1 heterocycles. The second kappa shape index (κ2) is 8.59. The lowest BCUT2D eigenvalue weighted by Gasteiger charge is -2.27. The fourth-order valence-corrected chi connectivity index (χ4v) is 4.88. The molecule has 0 saturated heterocycles. The molecule has 5 rings (SSSR count). The molecule has 0 aromatic heterocycles. The first-order valence-electron chi connectivity index (χ1n) is 11.3. The Hall–Kier alpha value is -2.85. The van der Waals surface area contributed by atoms with Crippen molar-refractivity contribution in [3.63, 3.8) is 0 Å². The third kappa shape index (κ3) is 4.37. The van der Waals surface area contributed by atoms with Crippen molar-refractivity contribution in [2.75, 3.05) is 19.6 Å². The highest BCUT2D eigenvalue weighted by molar-refractivity contribution is 5.73. The third-order valence-electron chi connectivity index (χ3n) is 6.72. The van der Waals surface area contributed by atoms with Crippen molar-refractivity contribution < 1.29 is 13.2 Å². The summed E-state index contributed by atoms with van der Waals surface area (Å²) in [4.78, 5) is 2.38. The van der Waals surface area contributed by atoms with Gasteiger partial charge in [-0.05, 0) is 76.8 Å². The molecule has 32 heavy (non-hydrogen) atoms. The highest BCUT2D eigenvalue weighted by Gasteiger charge is 2.30. The summed E-state index contributed by atoms with van der Waals surface area (Å²) in [6, 6.07) is 21.2. The van der Waals surface area contributed by atoms with E-state index in [0.717, 1.165) is 57.0 Å². The van der Waals surface area contributed by atoms with E-state index in [1.54, 1.807) is 6.07 Å². The molecule has 0 radical (unpaired) electrons. The van der Waals surface area contributed by atoms with Crippen molar-refractivity contribution in [3.8, 4) is 11.1 Å². The van der Waals surface area contributed by atoms with Gasteiger partial charge in [0.15, 0.2) is 0 Å². The van der Waals surface area contributed by atoms with Crippen LogP contribution in [-0.2, 0) is 25.4 Å². The van der Waals surface area contributed by atoms with Gasteiger partial charge in [-0.25, -0.2) is 0 Å². The lowest BCUT2D eigenvalue weighted by Crippen LogP contribution is -2.30. The summed E-state index contributed by atoms with van der Waals surface area (Å²) in [5.41, 5.74) is 8.06. The second-order valence-corrected chi connectivity index (χ2v) is 8.76. The third-order valence-corrected chi connectivity index (χ3v) is 6.72. The summed E-state index contributed by atoms with van der Waals surface area (Å²) in [5, 5.41) is 0. The molecule has 0 saturated carbocycles. The largest absolute Gasteiger partial charge is 0.416 e. The van der Waals surface area contributed by atoms with Crippen molar-refractivity contribution in [2.45, 2.75) is 31.9 Å². The van der Waals surface area contributed by atoms with Crippen LogP contribution in [0.3, 0.4) is 0 Å². The molecular weight excluding hydrogens is 407 g/mol. The van der Waals surface area contributed by atoms with Crippen LogP contribution in [0.25, 0.3) is 16.7 Å². The van der Waals surface area contributed by atoms with E-state index >= 15 is 0 Å². The minimum Gasteiger partial charge on any atom is -0.299 e. The Morgan fingerprint density at radius 1 is 0.781 bits per heavy atom. The Balaban J connectivity index is 1.24. The topological polar surface area (TPSA) is 3.24 Å². The van der Waals surface area contributed by atoms with Crippen LogP contribution in [0.2, 0.25) is 0 Å². The van der Waals surface area contributed by atoms with Gasteiger partial charge in [0.05, 0.1) is 5.56 Å². The van der Waals surface area contributed by atoms with E-state index in [1.807, 2.05) is 0 Å². The lowest BCUT2D eigenvalue weighted by atomic mass is 9.84. The van der Waals surface area contributed by atoms with Crippen LogP contribution in [0, 0.1) is 0 Å². The molecule has 0 amide bonds. The molecule has 0 atom stereocenters. The van der Waals surface area contributed by atoms with E-state index in [-0.39, 0.29) is 0 Å². The molecule has 0 N–H and O–H groups in total. The van der Waals surface area contributed by atoms with E-state index in [2.05, 4.69) is 53.4 Å². The molecule has 0 unspecified atom stereocenters. The van der Waals surface area contributed by atoms with Crippen molar-refractivity contribution >= 4 is 5.57 Å². The van der Waals surface area contributed by atoms with Crippen LogP contribution in [0.1, 0.15) is 34.2 Å². The molecule has 1 nitrogen and oxygen atoms in total. The van der Waals surface area contributed by atoms with Gasteiger partial charge in [0.2, 0.25) is 0 Å². The predicted octanol–water partition coefficient (Wildman–Crippen LogP) is 6.80. The van der Waals surface area contributed by atoms with Crippen LogP contribution >= 0.6 is 0 Å². The van der Waals surface area contributed by atoms with Gasteiger partial charge in [0.1, 0.15) is 0 Å². The molecule has 1 aliphatic carbocycles. The summed E-state index contributed by atoms with van der Waals surface area (Å²) in [5.74, 6) is 0. The van der Waals surface area contributed by atoms with E-state index in [9.17, 15) is 13.2 Å². The first-order chi connectivity index (χ1) is 15.5. The number of nitrogens with zero attached hydrogens (tertiary/aromatic N) is 1. The summed E-state index contributed by atoms with van der Waals surface area (Å²) in [6.45, 7) is 2.60. The Bertz CT molecular complexity index is 1160. The molecule has 164 valence electrons. The smallest absolute Gasteiger partial charge is 0.299 e. The minimum atomic E-state index is -4.30. The number of rotatable bonds is 4. The molecule has 1 aliphatic heterocycles. The van der Waals surface area contributed by atoms with Crippen LogP contribution < -0.4 is 0 Å². The standard InChI is InChI=1S/C28H26F3N/c29-28(30,31)25-6-3-5-24(19-25)21-13-16-32(17-14-21)15-12-20-8-9-23-11-10-22-4-1-2-7-26(22)27(23)18-20/h1-9,13,18-19H,10-12,14-17H2. The van der Waals surface area contributed by atoms with Crippen molar-refractivity contribution in [3.05, 3.63) is 101 Å². The second-order valence-electron chi connectivity index (χ2n) is 8.76. The quantitative estimate of drug-likeness (QED) is 0.437. The molecule has 0 bridgehead atoms. The van der Waals surface area contributed by atoms with E-state index in [0.29, 0.717) is 5.56 Å². The van der Waals surface area contributed by atoms with Crippen LogP contribution in [0.4, 0.5) is 13.2 Å². The Labute approximate surface area is 187 Å². The molecule has 2 aliphatic rings. The van der Waals surface area contributed by atoms with E-state index in [4.69, 9.17) is 0 Å². The maximum atomic E-state index is 13.0. The predicted molar refractivity (Wildman–Crippen MR) is 123 cm³/mol. The maximum absolute atomic E-state index is 13.0. The van der Waals surface area contributed by atoms with Gasteiger partial charge in [-0.15, -0.1) is 0 Å². The first kappa shape index (κ1) is 21.0. The summed E-state index contributed by atoms with van der Waals surface area (Å²) >= 11 is 0. The zero-order valence-electron chi connectivity index (χ0n) is 18.0. The van der Waals surface area contributed by atoms with Gasteiger partial charge in [0, 0.05) is 19.6 Å². The average Bonchev–Trinajstić information content (AvgIpc) is 2.82. The zero-order chi connectivity index (χ0) is 22.1. The highest BCUT2D eigenvalue weighted by Crippen LogP contribution is 2.34. The fraction of sp³-hybridized carbons (Fsp3) is 0.286. The normalized spacial score (nSPS) is 16.3. The fourth-order valence-electron chi connectivity index (χ4n) is 4.88. The Kier molecular flexibility index (Phi) is 5.64. The summed E-state index contributed by atoms with van der Waals surface area (Å²) in [6.07, 6.45) is 1.74. The number of hydrogen-bond acceptors (Lipinski definition) is 1. The van der Waals surface area contributed by atoms with E-state index in [1.165, 1.54) is 39.9 Å². The molecule has 4 heteroatoms. The highest BCUT2D eigenvalue weighted by atomic mass is 19.4. The van der Waals surface area contributed by atoms with Crippen LogP contribution in [-0.4, -0.2) is 24.5 Å². The van der Waals surface area contributed by atoms with E-state index < -0.39 is 11.7 Å². The molecule has 3 aromatic rings. The first-order valence-corrected chi connectivity index (χ1v) is 11.3. The van der Waals surface area contributed by atoms with Gasteiger partial charge in [-0.2, -0.15) is 13.2 Å². The van der Waals surface area contributed by atoms with Crippen molar-refractivity contribution in [2.24, 2.45) is 0 Å². The number of hydrogen-bond donors (Lipinski definition) is 0. The van der Waals surface area contributed by atoms with Gasteiger partial charge in [-0.1, -0.05) is 60.7 Å². The Morgan fingerprint density at radius 2 is 1.59 bits per heavy atom. The number of fused-ring (bicyclic) bond motifs is 3. The van der Waals surface area contributed by atoms with Gasteiger partial charge in [0.25, 0.3) is 0 Å². The maximum Gasteiger partial charge on any atom is 0.416 e. The summed E-state index contributed by atoms with van der Waals surface area (Å²) in [7, 11) is 0. The monoisotopic (exact) mass is 433 g/mol. The van der Waals surface area contributed by atoms with Crippen molar-refractivity contribution in [1.29, 1.82) is 0 Å². The van der Waals surface area contributed by atoms with Crippen LogP contribution in [0.15, 0.2) is 72.8 Å². The molecule has 3 aromatic carbocycles. The number of aryl methyl sites for hydroxylation is 2. The van der Waals surface area contributed by atoms with Gasteiger partial charge < -0.3 is 0 Å². The molecule has 0 spiro atoms. The van der Waals surface area contributed by atoms with Gasteiger partial charge >= 0.3 is 6.18 Å². The van der Waals surface area contributed by atoms with Gasteiger partial charge in [-0.3, -0.25) is 4.90 Å². The Morgan fingerprint density at radius 3 is 2.38 bits per heavy atom.